The molecule has 16 heavy (non-hydrogen) atoms. The molecule has 0 unspecified atom stereocenters. The maximum absolute atomic E-state index is 11.3. The summed E-state index contributed by atoms with van der Waals surface area (Å²) in [6, 6.07) is 0.870. The molecule has 1 aromatic rings. The van der Waals surface area contributed by atoms with Crippen LogP contribution < -0.4 is 4.73 Å². The number of pyridine rings is 1. The standard InChI is InChI=1S/C8H7BrN2O5/c1-2-16-8(12)7-3-6(11(14)15)5(9)4-10(7)13/h3-4H,2H2,1H3. The van der Waals surface area contributed by atoms with Gasteiger partial charge < -0.3 is 9.94 Å². The van der Waals surface area contributed by atoms with Crippen molar-refractivity contribution in [2.45, 2.75) is 6.92 Å². The average molecular weight is 291 g/mol. The molecule has 0 N–H and O–H groups in total. The molecule has 0 atom stereocenters. The molecule has 0 fully saturated rings. The van der Waals surface area contributed by atoms with Gasteiger partial charge in [-0.05, 0) is 22.9 Å². The Hall–Kier alpha value is -1.70. The zero-order valence-electron chi connectivity index (χ0n) is 8.18. The van der Waals surface area contributed by atoms with Gasteiger partial charge in [-0.15, -0.1) is 0 Å². The lowest BCUT2D eigenvalue weighted by atomic mass is 10.3. The molecule has 0 aliphatic heterocycles. The van der Waals surface area contributed by atoms with Gasteiger partial charge in [-0.1, -0.05) is 0 Å². The largest absolute Gasteiger partial charge is 0.618 e. The molecule has 86 valence electrons. The van der Waals surface area contributed by atoms with Crippen LogP contribution in [0, 0.1) is 15.3 Å². The summed E-state index contributed by atoms with van der Waals surface area (Å²) in [6.07, 6.45) is 0.893. The fourth-order valence-electron chi connectivity index (χ4n) is 0.995. The third-order valence-electron chi connectivity index (χ3n) is 1.67. The molecule has 1 aromatic heterocycles. The molecule has 1 rings (SSSR count). The fraction of sp³-hybridized carbons (Fsp3) is 0.250. The summed E-state index contributed by atoms with van der Waals surface area (Å²) in [6.45, 7) is 1.66. The van der Waals surface area contributed by atoms with E-state index in [1.54, 1.807) is 6.92 Å². The number of hydrogen-bond donors (Lipinski definition) is 0. The average Bonchev–Trinajstić information content (AvgIpc) is 2.17. The number of halogens is 1. The van der Waals surface area contributed by atoms with Gasteiger partial charge in [0.05, 0.1) is 17.6 Å². The van der Waals surface area contributed by atoms with Gasteiger partial charge in [0.15, 0.2) is 4.47 Å². The molecular formula is C8H7BrN2O5. The lowest BCUT2D eigenvalue weighted by Crippen LogP contribution is -2.35. The summed E-state index contributed by atoms with van der Waals surface area (Å²) < 4.78 is 4.80. The molecule has 1 heterocycles. The van der Waals surface area contributed by atoms with Crippen LogP contribution in [0.1, 0.15) is 17.4 Å². The third kappa shape index (κ3) is 2.45. The van der Waals surface area contributed by atoms with Gasteiger partial charge in [0.1, 0.15) is 0 Å². The van der Waals surface area contributed by atoms with Crippen molar-refractivity contribution in [1.82, 2.24) is 0 Å². The van der Waals surface area contributed by atoms with Crippen LogP contribution in [0.3, 0.4) is 0 Å². The first-order valence-corrected chi connectivity index (χ1v) is 5.01. The van der Waals surface area contributed by atoms with Gasteiger partial charge in [0.25, 0.3) is 5.69 Å². The summed E-state index contributed by atoms with van der Waals surface area (Å²) in [5, 5.41) is 21.9. The van der Waals surface area contributed by atoms with Crippen molar-refractivity contribution >= 4 is 27.6 Å². The van der Waals surface area contributed by atoms with E-state index in [0.717, 1.165) is 12.3 Å². The van der Waals surface area contributed by atoms with Crippen molar-refractivity contribution in [1.29, 1.82) is 0 Å². The Morgan fingerprint density at radius 1 is 1.69 bits per heavy atom. The van der Waals surface area contributed by atoms with Crippen LogP contribution in [0.2, 0.25) is 0 Å². The number of aromatic nitrogens is 1. The van der Waals surface area contributed by atoms with Crippen molar-refractivity contribution < 1.29 is 19.2 Å². The Morgan fingerprint density at radius 3 is 2.81 bits per heavy atom. The smallest absolute Gasteiger partial charge is 0.405 e. The van der Waals surface area contributed by atoms with Crippen LogP contribution in [-0.4, -0.2) is 17.5 Å². The number of nitro groups is 1. The van der Waals surface area contributed by atoms with Crippen LogP contribution in [0.15, 0.2) is 16.7 Å². The topological polar surface area (TPSA) is 96.4 Å². The van der Waals surface area contributed by atoms with Crippen LogP contribution in [0.4, 0.5) is 5.69 Å². The predicted octanol–water partition coefficient (Wildman–Crippen LogP) is 1.17. The maximum atomic E-state index is 11.3. The summed E-state index contributed by atoms with van der Waals surface area (Å²) in [5.41, 5.74) is -0.785. The second-order valence-electron chi connectivity index (χ2n) is 2.70. The second kappa shape index (κ2) is 4.88. The molecule has 0 aliphatic rings. The predicted molar refractivity (Wildman–Crippen MR) is 55.7 cm³/mol. The van der Waals surface area contributed by atoms with Gasteiger partial charge in [-0.2, -0.15) is 4.73 Å². The minimum Gasteiger partial charge on any atom is -0.618 e. The van der Waals surface area contributed by atoms with Crippen LogP contribution in [-0.2, 0) is 4.74 Å². The normalized spacial score (nSPS) is 9.88. The van der Waals surface area contributed by atoms with E-state index < -0.39 is 16.6 Å². The van der Waals surface area contributed by atoms with Crippen molar-refractivity contribution in [3.05, 3.63) is 37.8 Å². The molecule has 0 saturated heterocycles. The zero-order chi connectivity index (χ0) is 12.3. The summed E-state index contributed by atoms with van der Waals surface area (Å²) in [4.78, 5) is 21.1. The van der Waals surface area contributed by atoms with E-state index in [1.165, 1.54) is 0 Å². The molecule has 0 bridgehead atoms. The van der Waals surface area contributed by atoms with Gasteiger partial charge in [-0.25, -0.2) is 4.79 Å². The van der Waals surface area contributed by atoms with E-state index in [4.69, 9.17) is 0 Å². The number of esters is 1. The van der Waals surface area contributed by atoms with Crippen LogP contribution in [0.25, 0.3) is 0 Å². The Balaban J connectivity index is 3.24. The molecule has 0 saturated carbocycles. The highest BCUT2D eigenvalue weighted by Gasteiger charge is 2.25. The number of rotatable bonds is 3. The zero-order valence-corrected chi connectivity index (χ0v) is 9.76. The van der Waals surface area contributed by atoms with E-state index in [2.05, 4.69) is 20.7 Å². The Kier molecular flexibility index (Phi) is 3.78. The van der Waals surface area contributed by atoms with Gasteiger partial charge >= 0.3 is 11.7 Å². The third-order valence-corrected chi connectivity index (χ3v) is 2.28. The molecule has 7 nitrogen and oxygen atoms in total. The second-order valence-corrected chi connectivity index (χ2v) is 3.55. The lowest BCUT2D eigenvalue weighted by molar-refractivity contribution is -0.609. The lowest BCUT2D eigenvalue weighted by Gasteiger charge is -2.04. The van der Waals surface area contributed by atoms with Crippen molar-refractivity contribution in [3.63, 3.8) is 0 Å². The first kappa shape index (κ1) is 12.4. The number of hydrogen-bond acceptors (Lipinski definition) is 5. The van der Waals surface area contributed by atoms with E-state index >= 15 is 0 Å². The Labute approximate surface area is 98.5 Å². The maximum Gasteiger partial charge on any atom is 0.405 e. The van der Waals surface area contributed by atoms with Crippen molar-refractivity contribution in [3.8, 4) is 0 Å². The Morgan fingerprint density at radius 2 is 2.31 bits per heavy atom. The van der Waals surface area contributed by atoms with E-state index in [1.807, 2.05) is 0 Å². The molecule has 0 radical (unpaired) electrons. The number of carbonyl (C=O) groups is 1. The first-order chi connectivity index (χ1) is 7.47. The van der Waals surface area contributed by atoms with Gasteiger partial charge in [0.2, 0.25) is 6.20 Å². The van der Waals surface area contributed by atoms with E-state index in [9.17, 15) is 20.1 Å². The highest BCUT2D eigenvalue weighted by molar-refractivity contribution is 9.10. The molecular weight excluding hydrogens is 284 g/mol. The minimum absolute atomic E-state index is 0.000508. The molecule has 0 aromatic carbocycles. The molecule has 0 aliphatic carbocycles. The van der Waals surface area contributed by atoms with Crippen molar-refractivity contribution in [2.24, 2.45) is 0 Å². The summed E-state index contributed by atoms with van der Waals surface area (Å²) in [5.74, 6) is -0.895. The van der Waals surface area contributed by atoms with Crippen molar-refractivity contribution in [2.75, 3.05) is 6.61 Å². The Bertz CT molecular complexity index is 448. The van der Waals surface area contributed by atoms with Gasteiger partial charge in [-0.3, -0.25) is 10.1 Å². The first-order valence-electron chi connectivity index (χ1n) is 4.21. The molecule has 8 heteroatoms. The molecule has 0 spiro atoms. The highest BCUT2D eigenvalue weighted by atomic mass is 79.9. The monoisotopic (exact) mass is 290 g/mol. The quantitative estimate of drug-likeness (QED) is 0.274. The highest BCUT2D eigenvalue weighted by Crippen LogP contribution is 2.23. The SMILES string of the molecule is CCOC(=O)c1cc([N+](=O)[O-])c(Br)c[n+]1[O-]. The van der Waals surface area contributed by atoms with Crippen LogP contribution >= 0.6 is 15.9 Å². The number of ether oxygens (including phenoxy) is 1. The van der Waals surface area contributed by atoms with Crippen LogP contribution in [0.5, 0.6) is 0 Å². The summed E-state index contributed by atoms with van der Waals surface area (Å²) >= 11 is 2.86. The fourth-order valence-corrected chi connectivity index (χ4v) is 1.44. The van der Waals surface area contributed by atoms with E-state index in [0.29, 0.717) is 0 Å². The van der Waals surface area contributed by atoms with Gasteiger partial charge in [0, 0.05) is 0 Å². The number of nitrogens with zero attached hydrogens (tertiary/aromatic N) is 2. The summed E-state index contributed by atoms with van der Waals surface area (Å²) in [7, 11) is 0. The minimum atomic E-state index is -0.895. The molecule has 0 amide bonds. The number of carbonyl (C=O) groups excluding carboxylic acids is 1. The van der Waals surface area contributed by atoms with E-state index in [-0.39, 0.29) is 21.5 Å².